The van der Waals surface area contributed by atoms with E-state index in [4.69, 9.17) is 23.3 Å². The molecule has 2 bridgehead atoms. The van der Waals surface area contributed by atoms with Crippen LogP contribution in [0.3, 0.4) is 0 Å². The third-order valence-corrected chi connectivity index (χ3v) is 108. The molecule has 5 rings (SSSR count). The molecule has 0 spiro atoms. The molecule has 0 amide bonds. The van der Waals surface area contributed by atoms with Crippen molar-refractivity contribution in [1.29, 1.82) is 0 Å². The number of benzene rings is 1. The molecule has 1 aromatic carbocycles. The van der Waals surface area contributed by atoms with E-state index in [0.717, 1.165) is 0 Å². The number of aliphatic hydroxyl groups is 2. The highest BCUT2D eigenvalue weighted by Gasteiger charge is 2.78. The topological polar surface area (TPSA) is 138 Å². The van der Waals surface area contributed by atoms with E-state index in [-0.39, 0.29) is 25.0 Å². The zero-order chi connectivity index (χ0) is 44.3. The second-order valence-corrected chi connectivity index (χ2v) is 87.2. The molecule has 1 aromatic rings. The van der Waals surface area contributed by atoms with E-state index in [9.17, 15) is 19.8 Å². The van der Waals surface area contributed by atoms with Crippen LogP contribution in [0.2, 0.25) is 0 Å². The first kappa shape index (κ1) is 55.9. The van der Waals surface area contributed by atoms with Crippen LogP contribution in [-0.4, -0.2) is 76.3 Å². The molecule has 3 fully saturated rings. The van der Waals surface area contributed by atoms with Crippen LogP contribution in [0.4, 0.5) is 0 Å². The maximum absolute atomic E-state index is 15.8. The molecule has 59 heavy (non-hydrogen) atoms. The molecule has 22 atom stereocenters. The van der Waals surface area contributed by atoms with Gasteiger partial charge in [0.1, 0.15) is 23.9 Å². The Balaban J connectivity index is 1.81. The molecule has 3 aliphatic carbocycles. The molecule has 1 saturated heterocycles. The maximum atomic E-state index is 15.8. The molecule has 0 radical (unpaired) electrons. The number of carbonyl (C=O) groups excluding carboxylic acids is 3. The Hall–Kier alpha value is 5.97. The lowest BCUT2D eigenvalue weighted by molar-refractivity contribution is -0.343. The first-order chi connectivity index (χ1) is 27.3. The van der Waals surface area contributed by atoms with Crippen molar-refractivity contribution in [1.82, 2.24) is 0 Å². The Morgan fingerprint density at radius 1 is 0.847 bits per heavy atom. The minimum Gasteiger partial charge on any atom is -0.455 e. The van der Waals surface area contributed by atoms with Gasteiger partial charge in [-0.15, -0.1) is 89.3 Å². The summed E-state index contributed by atoms with van der Waals surface area (Å²) in [6.07, 6.45) is -5.37. The summed E-state index contributed by atoms with van der Waals surface area (Å²) >= 11 is 0. The van der Waals surface area contributed by atoms with Gasteiger partial charge in [-0.1, -0.05) is 41.0 Å². The van der Waals surface area contributed by atoms with E-state index in [1.165, 1.54) is 6.92 Å². The fourth-order valence-electron chi connectivity index (χ4n) is 8.98. The van der Waals surface area contributed by atoms with Gasteiger partial charge in [-0.25, -0.2) is 4.79 Å². The van der Waals surface area contributed by atoms with Gasteiger partial charge < -0.3 is 33.5 Å². The average Bonchev–Trinajstić information content (AvgIpc) is 3.12. The summed E-state index contributed by atoms with van der Waals surface area (Å²) in [6.45, 7) is 4.33. The first-order valence-corrected chi connectivity index (χ1v) is 52.4. The number of Topliss-reactive ketones (excluding diaryl/α,β-unsaturated/α-hetero) is 1. The van der Waals surface area contributed by atoms with E-state index in [2.05, 4.69) is 98.2 Å². The summed E-state index contributed by atoms with van der Waals surface area (Å²) in [6, 6.07) is 8.53. The molecule has 13 unspecified atom stereocenters. The van der Waals surface area contributed by atoms with Crippen LogP contribution in [0.25, 0.3) is 0 Å². The van der Waals surface area contributed by atoms with Crippen LogP contribution in [0.1, 0.15) is 57.8 Å². The predicted molar refractivity (Wildman–Crippen MR) is 302 cm³/mol. The van der Waals surface area contributed by atoms with Crippen LogP contribution in [-0.2, 0) is 32.8 Å². The SMILES string of the molecule is CC(=O)O[C@@]12CO[C@@H]1C[C@H](OP(P(P)P)P(P)P)[C@@]1(C)C(=O)[C@H](O)C3=C(C)[C@@H](OP(P)P(P(P)P)P(P(P)P)P(P)P)C[C@@](O)([C@@H](OC(=O)c4ccccc4)[C@H]21)C3(C)C. The Labute approximate surface area is 384 Å². The zero-order valence-electron chi connectivity index (χ0n) is 33.0. The van der Waals surface area contributed by atoms with Crippen molar-refractivity contribution in [3.8, 4) is 0 Å². The van der Waals surface area contributed by atoms with Gasteiger partial charge in [0.25, 0.3) is 0 Å². The van der Waals surface area contributed by atoms with Crippen molar-refractivity contribution in [3.05, 3.63) is 47.0 Å². The Bertz CT molecular complexity index is 1750. The van der Waals surface area contributed by atoms with Crippen LogP contribution >= 0.6 is 162 Å². The number of fused-ring (bicyclic) bond motifs is 5. The quantitative estimate of drug-likeness (QED) is 0.105. The van der Waals surface area contributed by atoms with Gasteiger partial charge >= 0.3 is 11.9 Å². The normalized spacial score (nSPS) is 34.2. The van der Waals surface area contributed by atoms with Crippen molar-refractivity contribution in [2.24, 2.45) is 16.7 Å². The molecule has 0 aromatic heterocycles. The molecule has 332 valence electrons. The minimum atomic E-state index is -1.98. The molecule has 4 aliphatic rings. The summed E-state index contributed by atoms with van der Waals surface area (Å²) in [5.41, 5.74) is -5.23. The van der Waals surface area contributed by atoms with Crippen molar-refractivity contribution in [3.63, 3.8) is 0 Å². The maximum Gasteiger partial charge on any atom is 0.338 e. The van der Waals surface area contributed by atoms with E-state index < -0.39 is 140 Å². The largest absolute Gasteiger partial charge is 0.455 e. The van der Waals surface area contributed by atoms with Crippen molar-refractivity contribution in [2.75, 3.05) is 6.61 Å². The summed E-state index contributed by atoms with van der Waals surface area (Å²) in [5, 5.41) is 26.7. The molecule has 2 saturated carbocycles. The molecule has 30 heteroatoms. The number of ether oxygens (including phenoxy) is 3. The number of aliphatic hydroxyl groups excluding tert-OH is 1. The third kappa shape index (κ3) is 11.1. The first-order valence-electron chi connectivity index (χ1n) is 17.8. The lowest BCUT2D eigenvalue weighted by Gasteiger charge is -2.68. The Kier molecular flexibility index (Phi) is 21.4. The van der Waals surface area contributed by atoms with Crippen molar-refractivity contribution < 1.29 is 47.9 Å². The fraction of sp³-hybridized carbons (Fsp3) is 0.621. The lowest BCUT2D eigenvalue weighted by atomic mass is 9.44. The second-order valence-electron chi connectivity index (χ2n) is 15.3. The van der Waals surface area contributed by atoms with E-state index in [0.29, 0.717) is 11.1 Å². The highest BCUT2D eigenvalue weighted by Crippen LogP contribution is 3.21. The summed E-state index contributed by atoms with van der Waals surface area (Å²) in [7, 11) is 30.3. The molecule has 1 heterocycles. The van der Waals surface area contributed by atoms with Gasteiger partial charge in [0.15, 0.2) is 11.4 Å². The van der Waals surface area contributed by atoms with E-state index >= 15 is 4.79 Å². The number of carbonyl (C=O) groups is 3. The second kappa shape index (κ2) is 22.6. The lowest BCUT2D eigenvalue weighted by Crippen LogP contribution is -2.81. The zero-order valence-corrected chi connectivity index (χ0v) is 53.8. The smallest absolute Gasteiger partial charge is 0.338 e. The van der Waals surface area contributed by atoms with Gasteiger partial charge in [0, 0.05) is 32.2 Å². The number of esters is 2. The number of rotatable bonds is 14. The van der Waals surface area contributed by atoms with Crippen LogP contribution in [0.5, 0.6) is 0 Å². The molecular formula is C29H56O10P20. The van der Waals surface area contributed by atoms with Crippen LogP contribution in [0.15, 0.2) is 41.5 Å². The molecule has 1 aliphatic heterocycles. The minimum absolute atomic E-state index is 0.0204. The molecular weight excluding hydrogens is 1130 g/mol. The molecule has 2 N–H and O–H groups in total. The van der Waals surface area contributed by atoms with Gasteiger partial charge in [0.2, 0.25) is 0 Å². The standard InChI is InChI=1S/C29H56O10P20/c1-14-17(38-51(40)58(55(45)46)59(56(47)48)57(49)50)12-29(34)24(36-25(33)16-9-7-6-8-10-16)22-27(5,23(32)21(31)20(14)26(29,3)4)18(39-52(53(41)42)54(43)44)11-19-28(22,13-35-19)37-15(2)30/h6-10,17-19,21-22,24,31,34H,11-13,40-50H2,1-5H3/t17-,18-,19+,21+,22-,24-,27+,28-,29+,51?,58?/m0/s1. The fourth-order valence-corrected chi connectivity index (χ4v) is 172. The van der Waals surface area contributed by atoms with Gasteiger partial charge in [-0.3, -0.25) is 9.59 Å². The van der Waals surface area contributed by atoms with Crippen LogP contribution < -0.4 is 0 Å². The van der Waals surface area contributed by atoms with Gasteiger partial charge in [-0.2, -0.15) is 0 Å². The molecule has 10 nitrogen and oxygen atoms in total. The van der Waals surface area contributed by atoms with Crippen LogP contribution in [0, 0.1) is 16.7 Å². The summed E-state index contributed by atoms with van der Waals surface area (Å²) < 4.78 is 33.6. The van der Waals surface area contributed by atoms with Crippen molar-refractivity contribution in [2.45, 2.75) is 89.2 Å². The Morgan fingerprint density at radius 2 is 1.41 bits per heavy atom. The predicted octanol–water partition coefficient (Wildman–Crippen LogP) is 13.4. The highest BCUT2D eigenvalue weighted by atomic mass is 33.3. The Morgan fingerprint density at radius 3 is 1.88 bits per heavy atom. The monoisotopic (exact) mass is 1180 g/mol. The number of hydrogen-bond donors (Lipinski definition) is 2. The van der Waals surface area contributed by atoms with E-state index in [1.807, 2.05) is 6.92 Å². The van der Waals surface area contributed by atoms with Gasteiger partial charge in [0.05, 0.1) is 50.8 Å². The number of hydrogen-bond acceptors (Lipinski definition) is 10. The summed E-state index contributed by atoms with van der Waals surface area (Å²) in [4.78, 5) is 43.5. The van der Waals surface area contributed by atoms with Crippen molar-refractivity contribution >= 4 is 180 Å². The highest BCUT2D eigenvalue weighted by molar-refractivity contribution is 9.24. The number of ketones is 1. The van der Waals surface area contributed by atoms with E-state index in [1.54, 1.807) is 51.1 Å². The average molecular weight is 1180 g/mol. The third-order valence-electron chi connectivity index (χ3n) is 11.7. The van der Waals surface area contributed by atoms with Gasteiger partial charge in [-0.05, 0) is 79.1 Å². The summed E-state index contributed by atoms with van der Waals surface area (Å²) in [5.74, 6) is -3.07.